The van der Waals surface area contributed by atoms with E-state index in [1.165, 1.54) is 0 Å². The minimum absolute atomic E-state index is 0. The van der Waals surface area contributed by atoms with Crippen molar-refractivity contribution in [1.82, 2.24) is 10.2 Å². The number of hydrogen-bond acceptors (Lipinski definition) is 4. The van der Waals surface area contributed by atoms with Gasteiger partial charge in [0.05, 0.1) is 0 Å². The van der Waals surface area contributed by atoms with Crippen LogP contribution in [0.25, 0.3) is 0 Å². The van der Waals surface area contributed by atoms with Crippen molar-refractivity contribution in [2.45, 2.75) is 19.9 Å². The van der Waals surface area contributed by atoms with Crippen molar-refractivity contribution >= 4 is 28.3 Å². The average Bonchev–Trinajstić information content (AvgIpc) is 2.44. The Labute approximate surface area is 141 Å². The Morgan fingerprint density at radius 3 is 2.52 bits per heavy atom. The Balaban J connectivity index is 0.00000220. The molecule has 1 aromatic carbocycles. The Hall–Kier alpha value is -0.330. The van der Waals surface area contributed by atoms with Crippen LogP contribution in [0.3, 0.4) is 0 Å². The highest BCUT2D eigenvalue weighted by Gasteiger charge is 2.37. The third kappa shape index (κ3) is 4.33. The van der Waals surface area contributed by atoms with Crippen LogP contribution in [-0.2, 0) is 0 Å². The molecule has 120 valence electrons. The van der Waals surface area contributed by atoms with E-state index in [4.69, 9.17) is 0 Å². The number of aromatic hydroxyl groups is 1. The molecule has 0 spiro atoms. The highest BCUT2D eigenvalue weighted by Crippen LogP contribution is 2.42. The summed E-state index contributed by atoms with van der Waals surface area (Å²) in [5.74, 6) is 0.290. The van der Waals surface area contributed by atoms with Gasteiger partial charge in [0.15, 0.2) is 0 Å². The van der Waals surface area contributed by atoms with E-state index >= 15 is 0 Å². The molecule has 0 saturated carbocycles. The van der Waals surface area contributed by atoms with Gasteiger partial charge >= 0.3 is 0 Å². The summed E-state index contributed by atoms with van der Waals surface area (Å²) < 4.78 is 0.944. The van der Waals surface area contributed by atoms with Gasteiger partial charge in [0.1, 0.15) is 5.75 Å². The number of hydrogen-bond donors (Lipinski definition) is 3. The lowest BCUT2D eigenvalue weighted by Crippen LogP contribution is -2.49. The van der Waals surface area contributed by atoms with Gasteiger partial charge in [-0.2, -0.15) is 0 Å². The summed E-state index contributed by atoms with van der Waals surface area (Å²) in [6, 6.07) is 5.49. The van der Waals surface area contributed by atoms with Gasteiger partial charge in [-0.1, -0.05) is 29.8 Å². The average molecular weight is 380 g/mol. The number of phenols is 1. The lowest BCUT2D eigenvalue weighted by molar-refractivity contribution is 0.0293. The summed E-state index contributed by atoms with van der Waals surface area (Å²) in [7, 11) is 0. The van der Waals surface area contributed by atoms with E-state index in [2.05, 4.69) is 26.1 Å². The van der Waals surface area contributed by atoms with Gasteiger partial charge in [-0.3, -0.25) is 4.90 Å². The molecule has 1 fully saturated rings. The molecular weight excluding hydrogens is 356 g/mol. The van der Waals surface area contributed by atoms with Crippen LogP contribution in [0.5, 0.6) is 5.75 Å². The topological polar surface area (TPSA) is 55.7 Å². The first-order valence-electron chi connectivity index (χ1n) is 7.00. The Kier molecular flexibility index (Phi) is 6.94. The van der Waals surface area contributed by atoms with E-state index in [-0.39, 0.29) is 30.5 Å². The summed E-state index contributed by atoms with van der Waals surface area (Å²) >= 11 is 3.47. The number of aliphatic hydroxyl groups is 1. The van der Waals surface area contributed by atoms with Gasteiger partial charge in [-0.05, 0) is 18.2 Å². The van der Waals surface area contributed by atoms with Gasteiger partial charge in [0.2, 0.25) is 0 Å². The molecule has 1 aliphatic rings. The SMILES string of the molecule is CC(C)(CO)[C@@H](c1cc(Br)ccc1O)N1CCNCC1.Cl. The predicted molar refractivity (Wildman–Crippen MR) is 91.1 cm³/mol. The first-order valence-corrected chi connectivity index (χ1v) is 7.79. The summed E-state index contributed by atoms with van der Waals surface area (Å²) in [5, 5.41) is 23.4. The zero-order valence-electron chi connectivity index (χ0n) is 12.5. The summed E-state index contributed by atoms with van der Waals surface area (Å²) in [4.78, 5) is 2.34. The van der Waals surface area contributed by atoms with Gasteiger partial charge in [0.25, 0.3) is 0 Å². The highest BCUT2D eigenvalue weighted by atomic mass is 79.9. The fourth-order valence-corrected chi connectivity index (χ4v) is 3.26. The van der Waals surface area contributed by atoms with Crippen LogP contribution in [0.4, 0.5) is 0 Å². The quantitative estimate of drug-likeness (QED) is 0.752. The molecule has 1 atom stereocenters. The van der Waals surface area contributed by atoms with Crippen molar-refractivity contribution in [2.75, 3.05) is 32.8 Å². The number of phenolic OH excluding ortho intramolecular Hbond substituents is 1. The van der Waals surface area contributed by atoms with E-state index in [1.54, 1.807) is 6.07 Å². The number of nitrogens with one attached hydrogen (secondary N) is 1. The number of piperazine rings is 1. The smallest absolute Gasteiger partial charge is 0.120 e. The molecule has 0 unspecified atom stereocenters. The number of rotatable bonds is 4. The molecule has 1 heterocycles. The Bertz CT molecular complexity index is 465. The predicted octanol–water partition coefficient (Wildman–Crippen LogP) is 2.54. The highest BCUT2D eigenvalue weighted by molar-refractivity contribution is 9.10. The van der Waals surface area contributed by atoms with E-state index in [9.17, 15) is 10.2 Å². The lowest BCUT2D eigenvalue weighted by Gasteiger charge is -2.43. The van der Waals surface area contributed by atoms with Crippen molar-refractivity contribution in [2.24, 2.45) is 5.41 Å². The van der Waals surface area contributed by atoms with E-state index in [1.807, 2.05) is 26.0 Å². The summed E-state index contributed by atoms with van der Waals surface area (Å²) in [5.41, 5.74) is 0.552. The first kappa shape index (κ1) is 18.7. The zero-order valence-corrected chi connectivity index (χ0v) is 14.9. The van der Waals surface area contributed by atoms with Crippen LogP contribution in [0.1, 0.15) is 25.5 Å². The number of benzene rings is 1. The maximum Gasteiger partial charge on any atom is 0.120 e. The van der Waals surface area contributed by atoms with Gasteiger partial charge in [-0.15, -0.1) is 12.4 Å². The molecule has 1 aromatic rings. The van der Waals surface area contributed by atoms with Crippen LogP contribution in [0.15, 0.2) is 22.7 Å². The largest absolute Gasteiger partial charge is 0.508 e. The molecule has 4 nitrogen and oxygen atoms in total. The van der Waals surface area contributed by atoms with Crippen molar-refractivity contribution in [3.05, 3.63) is 28.2 Å². The van der Waals surface area contributed by atoms with Gasteiger partial charge in [0, 0.05) is 54.3 Å². The van der Waals surface area contributed by atoms with Crippen LogP contribution >= 0.6 is 28.3 Å². The molecule has 21 heavy (non-hydrogen) atoms. The summed E-state index contributed by atoms with van der Waals surface area (Å²) in [6.45, 7) is 7.87. The second-order valence-electron chi connectivity index (χ2n) is 6.04. The standard InChI is InChI=1S/C15H23BrN2O2.ClH/c1-15(2,10-19)14(18-7-5-17-6-8-18)12-9-11(16)3-4-13(12)20;/h3-4,9,14,17,19-20H,5-8,10H2,1-2H3;1H/t14-;/m1./s1. The Morgan fingerprint density at radius 2 is 1.95 bits per heavy atom. The van der Waals surface area contributed by atoms with Crippen LogP contribution in [-0.4, -0.2) is 47.9 Å². The molecule has 1 aliphatic heterocycles. The molecule has 0 aromatic heterocycles. The fraction of sp³-hybridized carbons (Fsp3) is 0.600. The van der Waals surface area contributed by atoms with Crippen molar-refractivity contribution in [3.63, 3.8) is 0 Å². The van der Waals surface area contributed by atoms with Crippen molar-refractivity contribution in [3.8, 4) is 5.75 Å². The number of nitrogens with zero attached hydrogens (tertiary/aromatic N) is 1. The molecule has 3 N–H and O–H groups in total. The second-order valence-corrected chi connectivity index (χ2v) is 6.95. The normalized spacial score (nSPS) is 18.1. The molecule has 6 heteroatoms. The van der Waals surface area contributed by atoms with Crippen LogP contribution in [0, 0.1) is 5.41 Å². The van der Waals surface area contributed by atoms with E-state index < -0.39 is 0 Å². The Morgan fingerprint density at radius 1 is 1.33 bits per heavy atom. The maximum absolute atomic E-state index is 10.3. The third-order valence-corrected chi connectivity index (χ3v) is 4.44. The maximum atomic E-state index is 10.3. The molecule has 0 bridgehead atoms. The minimum atomic E-state index is -0.324. The van der Waals surface area contributed by atoms with Crippen LogP contribution < -0.4 is 5.32 Å². The lowest BCUT2D eigenvalue weighted by atomic mass is 9.79. The minimum Gasteiger partial charge on any atom is -0.508 e. The molecular formula is C15H24BrClN2O2. The molecule has 0 amide bonds. The van der Waals surface area contributed by atoms with Gasteiger partial charge in [-0.25, -0.2) is 0 Å². The second kappa shape index (κ2) is 7.79. The van der Waals surface area contributed by atoms with E-state index in [0.717, 1.165) is 36.2 Å². The number of aliphatic hydroxyl groups excluding tert-OH is 1. The van der Waals surface area contributed by atoms with Crippen molar-refractivity contribution < 1.29 is 10.2 Å². The molecule has 2 rings (SSSR count). The van der Waals surface area contributed by atoms with Gasteiger partial charge < -0.3 is 15.5 Å². The summed E-state index contributed by atoms with van der Waals surface area (Å²) in [6.07, 6.45) is 0. The third-order valence-electron chi connectivity index (χ3n) is 3.95. The molecule has 1 saturated heterocycles. The van der Waals surface area contributed by atoms with Crippen molar-refractivity contribution in [1.29, 1.82) is 0 Å². The molecule has 0 aliphatic carbocycles. The molecule has 0 radical (unpaired) electrons. The zero-order chi connectivity index (χ0) is 14.8. The number of halogens is 2. The fourth-order valence-electron chi connectivity index (χ4n) is 2.88. The monoisotopic (exact) mass is 378 g/mol. The first-order chi connectivity index (χ1) is 9.45. The van der Waals surface area contributed by atoms with Crippen LogP contribution in [0.2, 0.25) is 0 Å². The van der Waals surface area contributed by atoms with E-state index in [0.29, 0.717) is 5.75 Å².